The summed E-state index contributed by atoms with van der Waals surface area (Å²) in [4.78, 5) is 12.0. The number of amides is 1. The second kappa shape index (κ2) is 7.74. The van der Waals surface area contributed by atoms with E-state index in [1.54, 1.807) is 12.1 Å². The van der Waals surface area contributed by atoms with E-state index >= 15 is 0 Å². The van der Waals surface area contributed by atoms with E-state index in [2.05, 4.69) is 5.32 Å². The molecular formula is C20H14F3NO2. The van der Waals surface area contributed by atoms with Crippen LogP contribution in [0.4, 0.5) is 18.9 Å². The van der Waals surface area contributed by atoms with E-state index < -0.39 is 35.7 Å². The Kier molecular flexibility index (Phi) is 5.22. The van der Waals surface area contributed by atoms with Crippen LogP contribution >= 0.6 is 0 Å². The summed E-state index contributed by atoms with van der Waals surface area (Å²) in [5.74, 6) is -4.65. The molecular weight excluding hydrogens is 343 g/mol. The number of nitrogens with one attached hydrogen (secondary N) is 1. The first-order chi connectivity index (χ1) is 12.6. The van der Waals surface area contributed by atoms with Gasteiger partial charge in [-0.2, -0.15) is 0 Å². The van der Waals surface area contributed by atoms with Crippen LogP contribution in [0.25, 0.3) is 11.1 Å². The first-order valence-electron chi connectivity index (χ1n) is 7.77. The van der Waals surface area contributed by atoms with E-state index in [0.29, 0.717) is 5.75 Å². The van der Waals surface area contributed by atoms with Crippen LogP contribution in [0.3, 0.4) is 0 Å². The molecule has 6 heteroatoms. The van der Waals surface area contributed by atoms with Gasteiger partial charge in [0.15, 0.2) is 24.1 Å². The third kappa shape index (κ3) is 3.85. The summed E-state index contributed by atoms with van der Waals surface area (Å²) in [7, 11) is 0. The molecule has 132 valence electrons. The average Bonchev–Trinajstić information content (AvgIpc) is 2.68. The van der Waals surface area contributed by atoms with Crippen LogP contribution in [0, 0.1) is 17.5 Å². The molecule has 0 unspecified atom stereocenters. The summed E-state index contributed by atoms with van der Waals surface area (Å²) in [6, 6.07) is 18.3. The van der Waals surface area contributed by atoms with Crippen molar-refractivity contribution >= 4 is 11.6 Å². The average molecular weight is 357 g/mol. The lowest BCUT2D eigenvalue weighted by Crippen LogP contribution is -2.21. The van der Waals surface area contributed by atoms with Gasteiger partial charge in [-0.15, -0.1) is 0 Å². The van der Waals surface area contributed by atoms with Gasteiger partial charge in [-0.05, 0) is 23.8 Å². The maximum Gasteiger partial charge on any atom is 0.262 e. The number of rotatable bonds is 5. The molecule has 0 heterocycles. The molecule has 0 radical (unpaired) electrons. The molecule has 0 atom stereocenters. The molecule has 3 nitrogen and oxygen atoms in total. The second-order valence-corrected chi connectivity index (χ2v) is 5.42. The van der Waals surface area contributed by atoms with Crippen molar-refractivity contribution in [3.05, 3.63) is 84.2 Å². The van der Waals surface area contributed by atoms with E-state index in [-0.39, 0.29) is 0 Å². The van der Waals surface area contributed by atoms with E-state index in [0.717, 1.165) is 23.3 Å². The van der Waals surface area contributed by atoms with Crippen molar-refractivity contribution in [3.63, 3.8) is 0 Å². The van der Waals surface area contributed by atoms with Crippen molar-refractivity contribution in [3.8, 4) is 16.9 Å². The van der Waals surface area contributed by atoms with Gasteiger partial charge in [-0.1, -0.05) is 48.5 Å². The van der Waals surface area contributed by atoms with Gasteiger partial charge in [0.2, 0.25) is 0 Å². The zero-order valence-corrected chi connectivity index (χ0v) is 13.5. The van der Waals surface area contributed by atoms with Crippen LogP contribution in [-0.2, 0) is 4.79 Å². The van der Waals surface area contributed by atoms with Crippen LogP contribution in [0.2, 0.25) is 0 Å². The molecule has 0 saturated carbocycles. The van der Waals surface area contributed by atoms with E-state index in [9.17, 15) is 18.0 Å². The minimum absolute atomic E-state index is 0.414. The van der Waals surface area contributed by atoms with E-state index in [1.807, 2.05) is 42.5 Å². The van der Waals surface area contributed by atoms with Gasteiger partial charge in [0.05, 0.1) is 5.69 Å². The van der Waals surface area contributed by atoms with Crippen molar-refractivity contribution < 1.29 is 22.7 Å². The quantitative estimate of drug-likeness (QED) is 0.667. The topological polar surface area (TPSA) is 38.3 Å². The standard InChI is InChI=1S/C20H14F3NO2/c21-15-10-11-16(20(23)19(15)22)24-18(25)12-26-17-9-5-4-8-14(17)13-6-2-1-3-7-13/h1-11H,12H2,(H,24,25). The lowest BCUT2D eigenvalue weighted by atomic mass is 10.1. The summed E-state index contributed by atoms with van der Waals surface area (Å²) in [5.41, 5.74) is 1.25. The SMILES string of the molecule is O=C(COc1ccccc1-c1ccccc1)Nc1ccc(F)c(F)c1F. The van der Waals surface area contributed by atoms with Gasteiger partial charge in [0, 0.05) is 5.56 Å². The fraction of sp³-hybridized carbons (Fsp3) is 0.0500. The Bertz CT molecular complexity index is 930. The van der Waals surface area contributed by atoms with E-state index in [4.69, 9.17) is 4.74 Å². The lowest BCUT2D eigenvalue weighted by Gasteiger charge is -2.12. The maximum absolute atomic E-state index is 13.6. The highest BCUT2D eigenvalue weighted by molar-refractivity contribution is 5.92. The number of benzene rings is 3. The Labute approximate surface area is 148 Å². The molecule has 3 aromatic rings. The monoisotopic (exact) mass is 357 g/mol. The lowest BCUT2D eigenvalue weighted by molar-refractivity contribution is -0.118. The number of carbonyl (C=O) groups excluding carboxylic acids is 1. The van der Waals surface area contributed by atoms with E-state index in [1.165, 1.54) is 0 Å². The first kappa shape index (κ1) is 17.5. The van der Waals surface area contributed by atoms with Crippen molar-refractivity contribution in [1.29, 1.82) is 0 Å². The van der Waals surface area contributed by atoms with Crippen molar-refractivity contribution in [2.75, 3.05) is 11.9 Å². The minimum atomic E-state index is -1.64. The summed E-state index contributed by atoms with van der Waals surface area (Å²) in [6.07, 6.45) is 0. The van der Waals surface area contributed by atoms with Crippen LogP contribution in [0.1, 0.15) is 0 Å². The predicted molar refractivity (Wildman–Crippen MR) is 92.3 cm³/mol. The van der Waals surface area contributed by atoms with Crippen LogP contribution in [-0.4, -0.2) is 12.5 Å². The van der Waals surface area contributed by atoms with Crippen LogP contribution in [0.5, 0.6) is 5.75 Å². The zero-order valence-electron chi connectivity index (χ0n) is 13.5. The van der Waals surface area contributed by atoms with Gasteiger partial charge >= 0.3 is 0 Å². The normalized spacial score (nSPS) is 10.4. The third-order valence-corrected chi connectivity index (χ3v) is 3.64. The Morgan fingerprint density at radius 3 is 2.31 bits per heavy atom. The molecule has 1 N–H and O–H groups in total. The largest absolute Gasteiger partial charge is 0.483 e. The van der Waals surface area contributed by atoms with Gasteiger partial charge in [-0.25, -0.2) is 13.2 Å². The summed E-state index contributed by atoms with van der Waals surface area (Å²) >= 11 is 0. The molecule has 0 aromatic heterocycles. The van der Waals surface area contributed by atoms with Crippen LogP contribution in [0.15, 0.2) is 66.7 Å². The van der Waals surface area contributed by atoms with Crippen molar-refractivity contribution in [2.24, 2.45) is 0 Å². The number of anilines is 1. The number of para-hydroxylation sites is 1. The highest BCUT2D eigenvalue weighted by Gasteiger charge is 2.16. The molecule has 3 aromatic carbocycles. The molecule has 3 rings (SSSR count). The molecule has 0 aliphatic rings. The highest BCUT2D eigenvalue weighted by Crippen LogP contribution is 2.29. The molecule has 0 spiro atoms. The Morgan fingerprint density at radius 1 is 0.846 bits per heavy atom. The number of hydrogen-bond donors (Lipinski definition) is 1. The summed E-state index contributed by atoms with van der Waals surface area (Å²) < 4.78 is 45.2. The van der Waals surface area contributed by atoms with Gasteiger partial charge in [0.25, 0.3) is 5.91 Å². The van der Waals surface area contributed by atoms with Crippen molar-refractivity contribution in [1.82, 2.24) is 0 Å². The van der Waals surface area contributed by atoms with Gasteiger partial charge < -0.3 is 10.1 Å². The predicted octanol–water partition coefficient (Wildman–Crippen LogP) is 4.79. The molecule has 0 bridgehead atoms. The first-order valence-corrected chi connectivity index (χ1v) is 7.77. The Morgan fingerprint density at radius 2 is 1.54 bits per heavy atom. The molecule has 0 aliphatic heterocycles. The summed E-state index contributed by atoms with van der Waals surface area (Å²) in [5, 5.41) is 2.16. The Hall–Kier alpha value is -3.28. The molecule has 0 fully saturated rings. The smallest absolute Gasteiger partial charge is 0.262 e. The molecule has 0 saturated heterocycles. The summed E-state index contributed by atoms with van der Waals surface area (Å²) in [6.45, 7) is -0.414. The van der Waals surface area contributed by atoms with Gasteiger partial charge in [0.1, 0.15) is 5.75 Å². The number of halogens is 3. The third-order valence-electron chi connectivity index (χ3n) is 3.64. The number of hydrogen-bond acceptors (Lipinski definition) is 2. The molecule has 1 amide bonds. The number of ether oxygens (including phenoxy) is 1. The zero-order chi connectivity index (χ0) is 18.5. The fourth-order valence-corrected chi connectivity index (χ4v) is 2.40. The number of carbonyl (C=O) groups is 1. The second-order valence-electron chi connectivity index (χ2n) is 5.42. The van der Waals surface area contributed by atoms with Crippen molar-refractivity contribution in [2.45, 2.75) is 0 Å². The highest BCUT2D eigenvalue weighted by atomic mass is 19.2. The Balaban J connectivity index is 1.70. The maximum atomic E-state index is 13.6. The fourth-order valence-electron chi connectivity index (χ4n) is 2.40. The molecule has 0 aliphatic carbocycles. The minimum Gasteiger partial charge on any atom is -0.483 e. The van der Waals surface area contributed by atoms with Crippen LogP contribution < -0.4 is 10.1 Å². The van der Waals surface area contributed by atoms with Gasteiger partial charge in [-0.3, -0.25) is 4.79 Å². The molecule has 26 heavy (non-hydrogen) atoms.